The highest BCUT2D eigenvalue weighted by molar-refractivity contribution is 5.94. The second kappa shape index (κ2) is 9.87. The van der Waals surface area contributed by atoms with Gasteiger partial charge in [0.25, 0.3) is 0 Å². The van der Waals surface area contributed by atoms with E-state index in [0.29, 0.717) is 17.7 Å². The van der Waals surface area contributed by atoms with Gasteiger partial charge in [-0.3, -0.25) is 14.6 Å². The van der Waals surface area contributed by atoms with Gasteiger partial charge in [0, 0.05) is 44.5 Å². The standard InChI is InChI=1S/C30H38N4O2/c1-20-28(3-2-12-31-20)34-18-26(19-34)30(36)32-27-8-6-22(7-9-27)23-10-13-33(14-11-23)29(35)17-25-16-21-4-5-24(25)15-21/h2-3,6-9,12,21,23-26H,4-5,10-11,13-19H2,1H3,(H,32,36)/t21-,24+,25?/m1/s1. The summed E-state index contributed by atoms with van der Waals surface area (Å²) in [4.78, 5) is 34.3. The second-order valence-electron chi connectivity index (χ2n) is 11.6. The molecule has 1 N–H and O–H groups in total. The van der Waals surface area contributed by atoms with Gasteiger partial charge < -0.3 is 15.1 Å². The van der Waals surface area contributed by atoms with Crippen LogP contribution in [-0.4, -0.2) is 47.9 Å². The van der Waals surface area contributed by atoms with E-state index in [1.165, 1.54) is 31.2 Å². The summed E-state index contributed by atoms with van der Waals surface area (Å²) in [5.41, 5.74) is 4.29. The van der Waals surface area contributed by atoms with Crippen molar-refractivity contribution in [2.45, 2.75) is 57.8 Å². The minimum Gasteiger partial charge on any atom is -0.368 e. The molecule has 2 saturated carbocycles. The van der Waals surface area contributed by atoms with Crippen molar-refractivity contribution in [2.24, 2.45) is 23.7 Å². The Hall–Kier alpha value is -2.89. The van der Waals surface area contributed by atoms with E-state index < -0.39 is 0 Å². The summed E-state index contributed by atoms with van der Waals surface area (Å²) in [5, 5.41) is 3.09. The van der Waals surface area contributed by atoms with Gasteiger partial charge in [-0.1, -0.05) is 18.6 Å². The van der Waals surface area contributed by atoms with E-state index in [4.69, 9.17) is 0 Å². The molecule has 2 aliphatic carbocycles. The van der Waals surface area contributed by atoms with Crippen LogP contribution in [0.3, 0.4) is 0 Å². The summed E-state index contributed by atoms with van der Waals surface area (Å²) >= 11 is 0. The Labute approximate surface area is 214 Å². The number of anilines is 2. The quantitative estimate of drug-likeness (QED) is 0.624. The molecule has 2 bridgehead atoms. The fraction of sp³-hybridized carbons (Fsp3) is 0.567. The molecule has 6 nitrogen and oxygen atoms in total. The molecule has 3 atom stereocenters. The molecule has 6 rings (SSSR count). The molecule has 2 amide bonds. The van der Waals surface area contributed by atoms with E-state index in [1.807, 2.05) is 25.1 Å². The average molecular weight is 487 g/mol. The van der Waals surface area contributed by atoms with Gasteiger partial charge in [-0.2, -0.15) is 0 Å². The third-order valence-corrected chi connectivity index (χ3v) is 9.39. The fourth-order valence-corrected chi connectivity index (χ4v) is 7.18. The molecule has 0 spiro atoms. The number of pyridine rings is 1. The SMILES string of the molecule is Cc1ncccc1N1CC(C(=O)Nc2ccc(C3CCN(C(=O)CC4C[C@@H]5CC[C@H]4C5)CC3)cc2)C1. The van der Waals surface area contributed by atoms with Crippen LogP contribution in [0.2, 0.25) is 0 Å². The summed E-state index contributed by atoms with van der Waals surface area (Å²) in [5.74, 6) is 3.35. The van der Waals surface area contributed by atoms with Gasteiger partial charge in [0.2, 0.25) is 11.8 Å². The van der Waals surface area contributed by atoms with Gasteiger partial charge in [0.05, 0.1) is 17.3 Å². The summed E-state index contributed by atoms with van der Waals surface area (Å²) in [6.45, 7) is 5.21. The highest BCUT2D eigenvalue weighted by atomic mass is 16.2. The molecule has 4 aliphatic rings. The largest absolute Gasteiger partial charge is 0.368 e. The van der Waals surface area contributed by atoms with E-state index in [2.05, 4.69) is 38.3 Å². The Morgan fingerprint density at radius 3 is 2.44 bits per heavy atom. The number of nitrogens with one attached hydrogen (secondary N) is 1. The lowest BCUT2D eigenvalue weighted by atomic mass is 9.85. The monoisotopic (exact) mass is 486 g/mol. The number of piperidine rings is 1. The molecule has 1 aromatic carbocycles. The van der Waals surface area contributed by atoms with E-state index in [9.17, 15) is 9.59 Å². The summed E-state index contributed by atoms with van der Waals surface area (Å²) < 4.78 is 0. The Balaban J connectivity index is 0.953. The van der Waals surface area contributed by atoms with Crippen LogP contribution in [-0.2, 0) is 9.59 Å². The minimum atomic E-state index is 0.00515. The number of aromatic nitrogens is 1. The first-order valence-corrected chi connectivity index (χ1v) is 13.9. The van der Waals surface area contributed by atoms with Gasteiger partial charge >= 0.3 is 0 Å². The maximum Gasteiger partial charge on any atom is 0.231 e. The molecule has 0 radical (unpaired) electrons. The van der Waals surface area contributed by atoms with E-state index >= 15 is 0 Å². The van der Waals surface area contributed by atoms with Crippen LogP contribution in [0.15, 0.2) is 42.6 Å². The molecule has 4 fully saturated rings. The third kappa shape index (κ3) is 4.74. The number of fused-ring (bicyclic) bond motifs is 2. The normalized spacial score (nSPS) is 26.2. The van der Waals surface area contributed by atoms with Crippen LogP contribution in [0, 0.1) is 30.6 Å². The van der Waals surface area contributed by atoms with Gasteiger partial charge in [0.15, 0.2) is 0 Å². The Morgan fingerprint density at radius 2 is 1.78 bits per heavy atom. The van der Waals surface area contributed by atoms with Crippen LogP contribution < -0.4 is 10.2 Å². The number of carbonyl (C=O) groups is 2. The highest BCUT2D eigenvalue weighted by Gasteiger charge is 2.41. The number of aryl methyl sites for hydroxylation is 1. The molecule has 2 aliphatic heterocycles. The van der Waals surface area contributed by atoms with Gasteiger partial charge in [-0.25, -0.2) is 0 Å². The first-order chi connectivity index (χ1) is 17.5. The molecule has 190 valence electrons. The molecule has 1 unspecified atom stereocenters. The van der Waals surface area contributed by atoms with Crippen molar-refractivity contribution in [2.75, 3.05) is 36.4 Å². The molecule has 2 saturated heterocycles. The lowest BCUT2D eigenvalue weighted by molar-refractivity contribution is -0.133. The number of rotatable bonds is 6. The predicted molar refractivity (Wildman–Crippen MR) is 142 cm³/mol. The molecule has 6 heteroatoms. The molecule has 36 heavy (non-hydrogen) atoms. The topological polar surface area (TPSA) is 65.5 Å². The van der Waals surface area contributed by atoms with Crippen molar-refractivity contribution in [3.63, 3.8) is 0 Å². The Bertz CT molecular complexity index is 1100. The number of amides is 2. The first kappa shape index (κ1) is 23.5. The molecular weight excluding hydrogens is 448 g/mol. The van der Waals surface area contributed by atoms with Gasteiger partial charge in [-0.05, 0) is 92.5 Å². The van der Waals surface area contributed by atoms with Crippen molar-refractivity contribution in [1.82, 2.24) is 9.88 Å². The molecule has 1 aromatic heterocycles. The van der Waals surface area contributed by atoms with E-state index in [1.54, 1.807) is 6.20 Å². The molecular formula is C30H38N4O2. The fourth-order valence-electron chi connectivity index (χ4n) is 7.18. The maximum absolute atomic E-state index is 12.9. The maximum atomic E-state index is 12.9. The van der Waals surface area contributed by atoms with E-state index in [-0.39, 0.29) is 11.8 Å². The van der Waals surface area contributed by atoms with Crippen LogP contribution in [0.5, 0.6) is 0 Å². The van der Waals surface area contributed by atoms with Gasteiger partial charge in [-0.15, -0.1) is 0 Å². The predicted octanol–water partition coefficient (Wildman–Crippen LogP) is 5.00. The average Bonchev–Trinajstić information content (AvgIpc) is 3.48. The zero-order valence-corrected chi connectivity index (χ0v) is 21.4. The summed E-state index contributed by atoms with van der Waals surface area (Å²) in [7, 11) is 0. The van der Waals surface area contributed by atoms with Crippen molar-refractivity contribution in [3.05, 3.63) is 53.9 Å². The van der Waals surface area contributed by atoms with Crippen LogP contribution in [0.1, 0.15) is 62.1 Å². The van der Waals surface area contributed by atoms with Crippen LogP contribution >= 0.6 is 0 Å². The lowest BCUT2D eigenvalue weighted by Crippen LogP contribution is -2.52. The Morgan fingerprint density at radius 1 is 1.00 bits per heavy atom. The van der Waals surface area contributed by atoms with Crippen molar-refractivity contribution in [3.8, 4) is 0 Å². The van der Waals surface area contributed by atoms with Crippen molar-refractivity contribution in [1.29, 1.82) is 0 Å². The first-order valence-electron chi connectivity index (χ1n) is 13.9. The van der Waals surface area contributed by atoms with Crippen molar-refractivity contribution >= 4 is 23.2 Å². The zero-order valence-electron chi connectivity index (χ0n) is 21.4. The molecule has 2 aromatic rings. The van der Waals surface area contributed by atoms with Crippen molar-refractivity contribution < 1.29 is 9.59 Å². The number of hydrogen-bond acceptors (Lipinski definition) is 4. The number of benzene rings is 1. The Kier molecular flexibility index (Phi) is 6.44. The second-order valence-corrected chi connectivity index (χ2v) is 11.6. The van der Waals surface area contributed by atoms with Crippen LogP contribution in [0.25, 0.3) is 0 Å². The number of likely N-dealkylation sites (tertiary alicyclic amines) is 1. The van der Waals surface area contributed by atoms with Crippen LogP contribution in [0.4, 0.5) is 11.4 Å². The zero-order chi connectivity index (χ0) is 24.6. The number of hydrogen-bond donors (Lipinski definition) is 1. The van der Waals surface area contributed by atoms with E-state index in [0.717, 1.165) is 74.3 Å². The molecule has 3 heterocycles. The summed E-state index contributed by atoms with van der Waals surface area (Å²) in [6.07, 6.45) is 10.1. The smallest absolute Gasteiger partial charge is 0.231 e. The highest BCUT2D eigenvalue weighted by Crippen LogP contribution is 2.49. The number of carbonyl (C=O) groups excluding carboxylic acids is 2. The third-order valence-electron chi connectivity index (χ3n) is 9.39. The lowest BCUT2D eigenvalue weighted by Gasteiger charge is -2.40. The minimum absolute atomic E-state index is 0.00515. The van der Waals surface area contributed by atoms with Gasteiger partial charge in [0.1, 0.15) is 0 Å². The summed E-state index contributed by atoms with van der Waals surface area (Å²) in [6, 6.07) is 12.4. The number of nitrogens with zero attached hydrogens (tertiary/aromatic N) is 3.